The van der Waals surface area contributed by atoms with Gasteiger partial charge in [-0.25, -0.2) is 0 Å². The molecular weight excluding hydrogens is 210 g/mol. The van der Waals surface area contributed by atoms with Crippen molar-refractivity contribution in [1.82, 2.24) is 14.7 Å². The fourth-order valence-corrected chi connectivity index (χ4v) is 1.84. The molecule has 0 aliphatic heterocycles. The fraction of sp³-hybridized carbons (Fsp3) is 0.357. The molecule has 0 N–H and O–H groups in total. The zero-order valence-electron chi connectivity index (χ0n) is 10.5. The van der Waals surface area contributed by atoms with E-state index in [1.807, 2.05) is 10.9 Å². The van der Waals surface area contributed by atoms with E-state index in [0.717, 1.165) is 19.6 Å². The minimum atomic E-state index is 0.942. The van der Waals surface area contributed by atoms with Crippen molar-refractivity contribution in [2.75, 3.05) is 13.6 Å². The highest BCUT2D eigenvalue weighted by Gasteiger charge is 2.00. The van der Waals surface area contributed by atoms with E-state index in [1.54, 1.807) is 0 Å². The van der Waals surface area contributed by atoms with Crippen LogP contribution in [0.2, 0.25) is 0 Å². The Morgan fingerprint density at radius 3 is 2.65 bits per heavy atom. The number of rotatable bonds is 5. The van der Waals surface area contributed by atoms with Gasteiger partial charge >= 0.3 is 0 Å². The minimum absolute atomic E-state index is 0.942. The molecule has 0 aliphatic rings. The zero-order valence-corrected chi connectivity index (χ0v) is 10.5. The molecule has 0 saturated heterocycles. The quantitative estimate of drug-likeness (QED) is 0.784. The molecule has 0 amide bonds. The summed E-state index contributed by atoms with van der Waals surface area (Å²) in [7, 11) is 2.14. The molecule has 2 aromatic rings. The Morgan fingerprint density at radius 2 is 2.00 bits per heavy atom. The first-order valence-corrected chi connectivity index (χ1v) is 5.95. The van der Waals surface area contributed by atoms with E-state index in [2.05, 4.69) is 60.5 Å². The van der Waals surface area contributed by atoms with Gasteiger partial charge in [-0.05, 0) is 25.1 Å². The predicted molar refractivity (Wildman–Crippen MR) is 69.7 cm³/mol. The van der Waals surface area contributed by atoms with Gasteiger partial charge in [0.25, 0.3) is 0 Å². The van der Waals surface area contributed by atoms with E-state index < -0.39 is 0 Å². The third-order valence-corrected chi connectivity index (χ3v) is 2.77. The maximum absolute atomic E-state index is 4.28. The molecule has 3 heteroatoms. The SMILES string of the molecule is Cc1cnn(CCN(C)Cc2ccccc2)c1. The normalized spacial score (nSPS) is 11.0. The van der Waals surface area contributed by atoms with Gasteiger partial charge < -0.3 is 4.90 Å². The van der Waals surface area contributed by atoms with E-state index in [0.29, 0.717) is 0 Å². The molecule has 90 valence electrons. The van der Waals surface area contributed by atoms with Crippen LogP contribution >= 0.6 is 0 Å². The fourth-order valence-electron chi connectivity index (χ4n) is 1.84. The number of benzene rings is 1. The molecule has 0 spiro atoms. The summed E-state index contributed by atoms with van der Waals surface area (Å²) in [6.45, 7) is 5.01. The highest BCUT2D eigenvalue weighted by Crippen LogP contribution is 2.02. The van der Waals surface area contributed by atoms with Gasteiger partial charge in [-0.3, -0.25) is 4.68 Å². The zero-order chi connectivity index (χ0) is 12.1. The Kier molecular flexibility index (Phi) is 3.94. The van der Waals surface area contributed by atoms with E-state index >= 15 is 0 Å². The van der Waals surface area contributed by atoms with Crippen LogP contribution in [0.3, 0.4) is 0 Å². The summed E-state index contributed by atoms with van der Waals surface area (Å²) in [6, 6.07) is 10.5. The first kappa shape index (κ1) is 11.9. The Labute approximate surface area is 103 Å². The van der Waals surface area contributed by atoms with Crippen molar-refractivity contribution >= 4 is 0 Å². The molecule has 1 aromatic carbocycles. The standard InChI is InChI=1S/C14H19N3/c1-13-10-15-17(11-13)9-8-16(2)12-14-6-4-3-5-7-14/h3-7,10-11H,8-9,12H2,1-2H3. The Balaban J connectivity index is 1.80. The lowest BCUT2D eigenvalue weighted by molar-refractivity contribution is 0.305. The number of aryl methyl sites for hydroxylation is 1. The monoisotopic (exact) mass is 229 g/mol. The van der Waals surface area contributed by atoms with Crippen LogP contribution in [-0.4, -0.2) is 28.3 Å². The van der Waals surface area contributed by atoms with Gasteiger partial charge in [0.05, 0.1) is 12.7 Å². The third kappa shape index (κ3) is 3.71. The number of nitrogens with zero attached hydrogens (tertiary/aromatic N) is 3. The number of likely N-dealkylation sites (N-methyl/N-ethyl adjacent to an activating group) is 1. The van der Waals surface area contributed by atoms with E-state index in [-0.39, 0.29) is 0 Å². The Bertz CT molecular complexity index is 448. The summed E-state index contributed by atoms with van der Waals surface area (Å²) < 4.78 is 2.00. The van der Waals surface area contributed by atoms with Crippen LogP contribution in [0.15, 0.2) is 42.7 Å². The van der Waals surface area contributed by atoms with Gasteiger partial charge in [-0.1, -0.05) is 30.3 Å². The minimum Gasteiger partial charge on any atom is -0.300 e. The summed E-state index contributed by atoms with van der Waals surface area (Å²) in [4.78, 5) is 2.31. The Hall–Kier alpha value is -1.61. The topological polar surface area (TPSA) is 21.1 Å². The molecule has 0 atom stereocenters. The number of hydrogen-bond donors (Lipinski definition) is 0. The predicted octanol–water partition coefficient (Wildman–Crippen LogP) is 2.32. The van der Waals surface area contributed by atoms with Crippen molar-refractivity contribution in [3.05, 3.63) is 53.9 Å². The summed E-state index contributed by atoms with van der Waals surface area (Å²) in [5.41, 5.74) is 2.57. The molecule has 3 nitrogen and oxygen atoms in total. The van der Waals surface area contributed by atoms with E-state index in [1.165, 1.54) is 11.1 Å². The molecule has 0 fully saturated rings. The van der Waals surface area contributed by atoms with Crippen LogP contribution in [0.1, 0.15) is 11.1 Å². The van der Waals surface area contributed by atoms with E-state index in [4.69, 9.17) is 0 Å². The van der Waals surface area contributed by atoms with Gasteiger partial charge in [-0.2, -0.15) is 5.10 Å². The first-order chi connectivity index (χ1) is 8.24. The average molecular weight is 229 g/mol. The second kappa shape index (κ2) is 5.64. The van der Waals surface area contributed by atoms with Gasteiger partial charge in [0, 0.05) is 19.3 Å². The van der Waals surface area contributed by atoms with E-state index in [9.17, 15) is 0 Å². The van der Waals surface area contributed by atoms with Crippen molar-refractivity contribution in [2.45, 2.75) is 20.0 Å². The molecule has 1 heterocycles. The van der Waals surface area contributed by atoms with Crippen LogP contribution in [0.25, 0.3) is 0 Å². The smallest absolute Gasteiger partial charge is 0.0536 e. The highest BCUT2D eigenvalue weighted by atomic mass is 15.3. The molecule has 0 saturated carbocycles. The lowest BCUT2D eigenvalue weighted by Crippen LogP contribution is -2.23. The highest BCUT2D eigenvalue weighted by molar-refractivity contribution is 5.14. The van der Waals surface area contributed by atoms with Crippen molar-refractivity contribution in [3.8, 4) is 0 Å². The van der Waals surface area contributed by atoms with Crippen LogP contribution in [-0.2, 0) is 13.1 Å². The lowest BCUT2D eigenvalue weighted by Gasteiger charge is -2.16. The number of aromatic nitrogens is 2. The summed E-state index contributed by atoms with van der Waals surface area (Å²) in [6.07, 6.45) is 3.98. The third-order valence-electron chi connectivity index (χ3n) is 2.77. The molecule has 1 aromatic heterocycles. The second-order valence-electron chi connectivity index (χ2n) is 4.50. The first-order valence-electron chi connectivity index (χ1n) is 5.95. The molecule has 2 rings (SSSR count). The average Bonchev–Trinajstić information content (AvgIpc) is 2.74. The van der Waals surface area contributed by atoms with Crippen molar-refractivity contribution in [2.24, 2.45) is 0 Å². The van der Waals surface area contributed by atoms with Gasteiger partial charge in [0.15, 0.2) is 0 Å². The maximum atomic E-state index is 4.28. The van der Waals surface area contributed by atoms with Crippen LogP contribution in [0.4, 0.5) is 0 Å². The molecular formula is C14H19N3. The van der Waals surface area contributed by atoms with Gasteiger partial charge in [0.1, 0.15) is 0 Å². The van der Waals surface area contributed by atoms with Crippen molar-refractivity contribution in [3.63, 3.8) is 0 Å². The van der Waals surface area contributed by atoms with Crippen molar-refractivity contribution in [1.29, 1.82) is 0 Å². The van der Waals surface area contributed by atoms with Crippen LogP contribution in [0, 0.1) is 6.92 Å². The van der Waals surface area contributed by atoms with Crippen LogP contribution < -0.4 is 0 Å². The summed E-state index contributed by atoms with van der Waals surface area (Å²) >= 11 is 0. The lowest BCUT2D eigenvalue weighted by atomic mass is 10.2. The van der Waals surface area contributed by atoms with Crippen molar-refractivity contribution < 1.29 is 0 Å². The summed E-state index contributed by atoms with van der Waals surface area (Å²) in [5, 5.41) is 4.28. The molecule has 0 bridgehead atoms. The largest absolute Gasteiger partial charge is 0.300 e. The summed E-state index contributed by atoms with van der Waals surface area (Å²) in [5.74, 6) is 0. The van der Waals surface area contributed by atoms with Gasteiger partial charge in [-0.15, -0.1) is 0 Å². The number of hydrogen-bond acceptors (Lipinski definition) is 2. The Morgan fingerprint density at radius 1 is 1.24 bits per heavy atom. The molecule has 0 unspecified atom stereocenters. The molecule has 0 radical (unpaired) electrons. The second-order valence-corrected chi connectivity index (χ2v) is 4.50. The van der Waals surface area contributed by atoms with Gasteiger partial charge in [0.2, 0.25) is 0 Å². The molecule has 0 aliphatic carbocycles. The molecule has 17 heavy (non-hydrogen) atoms. The maximum Gasteiger partial charge on any atom is 0.0536 e. The van der Waals surface area contributed by atoms with Crippen LogP contribution in [0.5, 0.6) is 0 Å².